The van der Waals surface area contributed by atoms with Gasteiger partial charge in [0.05, 0.1) is 0 Å². The second-order valence-corrected chi connectivity index (χ2v) is 6.85. The van der Waals surface area contributed by atoms with E-state index in [1.54, 1.807) is 11.3 Å². The number of carboxylic acid groups (broad SMARTS) is 1. The number of hydrogen-bond donors (Lipinski definition) is 1. The van der Waals surface area contributed by atoms with E-state index in [1.165, 1.54) is 9.75 Å². The summed E-state index contributed by atoms with van der Waals surface area (Å²) in [5.41, 5.74) is 1.11. The second kappa shape index (κ2) is 6.18. The van der Waals surface area contributed by atoms with Crippen LogP contribution in [0.25, 0.3) is 10.4 Å². The van der Waals surface area contributed by atoms with E-state index in [-0.39, 0.29) is 6.04 Å². The van der Waals surface area contributed by atoms with Crippen LogP contribution in [0.2, 0.25) is 5.02 Å². The number of aliphatic carboxylic acids is 1. The maximum atomic E-state index is 11.2. The number of benzene rings is 1. The molecule has 2 heterocycles. The van der Waals surface area contributed by atoms with Gasteiger partial charge in [-0.05, 0) is 49.2 Å². The maximum absolute atomic E-state index is 11.2. The van der Waals surface area contributed by atoms with E-state index < -0.39 is 5.97 Å². The maximum Gasteiger partial charge on any atom is 0.320 e. The van der Waals surface area contributed by atoms with Crippen molar-refractivity contribution >= 4 is 28.9 Å². The average Bonchev–Trinajstić information content (AvgIpc) is 3.08. The van der Waals surface area contributed by atoms with E-state index in [4.69, 9.17) is 11.6 Å². The molecule has 0 bridgehead atoms. The van der Waals surface area contributed by atoms with Gasteiger partial charge in [-0.15, -0.1) is 11.3 Å². The highest BCUT2D eigenvalue weighted by Crippen LogP contribution is 2.31. The van der Waals surface area contributed by atoms with Gasteiger partial charge in [0.25, 0.3) is 0 Å². The Morgan fingerprint density at radius 1 is 1.38 bits per heavy atom. The van der Waals surface area contributed by atoms with E-state index in [0.29, 0.717) is 6.54 Å². The summed E-state index contributed by atoms with van der Waals surface area (Å²) in [4.78, 5) is 15.6. The smallest absolute Gasteiger partial charge is 0.320 e. The summed E-state index contributed by atoms with van der Waals surface area (Å²) < 4.78 is 0. The number of carbonyl (C=O) groups is 1. The number of halogens is 1. The molecule has 0 saturated carbocycles. The van der Waals surface area contributed by atoms with Crippen LogP contribution in [0.3, 0.4) is 0 Å². The molecule has 1 N–H and O–H groups in total. The highest BCUT2D eigenvalue weighted by Gasteiger charge is 2.30. The Balaban J connectivity index is 1.75. The van der Waals surface area contributed by atoms with Crippen molar-refractivity contribution < 1.29 is 9.90 Å². The van der Waals surface area contributed by atoms with Crippen LogP contribution in [0, 0.1) is 0 Å². The van der Waals surface area contributed by atoms with Crippen molar-refractivity contribution in [3.05, 3.63) is 46.3 Å². The predicted molar refractivity (Wildman–Crippen MR) is 85.8 cm³/mol. The minimum Gasteiger partial charge on any atom is -0.480 e. The molecule has 1 fully saturated rings. The molecule has 3 rings (SSSR count). The monoisotopic (exact) mass is 321 g/mol. The first-order valence-electron chi connectivity index (χ1n) is 6.95. The van der Waals surface area contributed by atoms with Crippen molar-refractivity contribution in [2.24, 2.45) is 0 Å². The number of rotatable bonds is 4. The molecule has 0 amide bonds. The molecule has 1 aliphatic rings. The molecule has 5 heteroatoms. The summed E-state index contributed by atoms with van der Waals surface area (Å²) in [5.74, 6) is -0.709. The van der Waals surface area contributed by atoms with Crippen LogP contribution in [0.15, 0.2) is 36.4 Å². The number of likely N-dealkylation sites (tertiary alicyclic amines) is 1. The van der Waals surface area contributed by atoms with Crippen LogP contribution in [0.4, 0.5) is 0 Å². The SMILES string of the molecule is O=C(O)[C@H]1CCCN1Cc1ccc(-c2cccc(Cl)c2)s1. The van der Waals surface area contributed by atoms with Crippen molar-refractivity contribution in [3.8, 4) is 10.4 Å². The van der Waals surface area contributed by atoms with Gasteiger partial charge in [-0.2, -0.15) is 0 Å². The first-order valence-corrected chi connectivity index (χ1v) is 8.14. The van der Waals surface area contributed by atoms with Crippen LogP contribution in [0.5, 0.6) is 0 Å². The van der Waals surface area contributed by atoms with E-state index in [9.17, 15) is 9.90 Å². The topological polar surface area (TPSA) is 40.5 Å². The fraction of sp³-hybridized carbons (Fsp3) is 0.312. The molecule has 21 heavy (non-hydrogen) atoms. The van der Waals surface area contributed by atoms with Crippen molar-refractivity contribution in [2.75, 3.05) is 6.54 Å². The summed E-state index contributed by atoms with van der Waals surface area (Å²) in [6.45, 7) is 1.57. The van der Waals surface area contributed by atoms with Gasteiger partial charge in [-0.1, -0.05) is 23.7 Å². The zero-order valence-electron chi connectivity index (χ0n) is 11.5. The molecule has 0 aliphatic carbocycles. The van der Waals surface area contributed by atoms with Crippen molar-refractivity contribution in [1.82, 2.24) is 4.90 Å². The summed E-state index contributed by atoms with van der Waals surface area (Å²) in [5, 5.41) is 9.95. The first kappa shape index (κ1) is 14.6. The molecule has 0 radical (unpaired) electrons. The highest BCUT2D eigenvalue weighted by atomic mass is 35.5. The van der Waals surface area contributed by atoms with E-state index in [1.807, 2.05) is 24.3 Å². The van der Waals surface area contributed by atoms with Gasteiger partial charge in [-0.25, -0.2) is 0 Å². The molecule has 1 aliphatic heterocycles. The Bertz CT molecular complexity index is 655. The van der Waals surface area contributed by atoms with Crippen LogP contribution < -0.4 is 0 Å². The fourth-order valence-corrected chi connectivity index (χ4v) is 3.98. The first-order chi connectivity index (χ1) is 10.1. The van der Waals surface area contributed by atoms with E-state index in [2.05, 4.69) is 17.0 Å². The normalized spacial score (nSPS) is 19.0. The summed E-state index contributed by atoms with van der Waals surface area (Å²) >= 11 is 7.73. The molecule has 110 valence electrons. The van der Waals surface area contributed by atoms with Crippen LogP contribution in [-0.2, 0) is 11.3 Å². The number of carboxylic acids is 1. The Hall–Kier alpha value is -1.36. The van der Waals surface area contributed by atoms with Crippen molar-refractivity contribution in [3.63, 3.8) is 0 Å². The zero-order valence-corrected chi connectivity index (χ0v) is 13.0. The minimum absolute atomic E-state index is 0.332. The van der Waals surface area contributed by atoms with Gasteiger partial charge in [0.15, 0.2) is 0 Å². The molecule has 1 aromatic heterocycles. The third kappa shape index (κ3) is 3.28. The lowest BCUT2D eigenvalue weighted by atomic mass is 10.2. The third-order valence-corrected chi connectivity index (χ3v) is 5.13. The standard InChI is InChI=1S/C16H16ClNO2S/c17-12-4-1-3-11(9-12)15-7-6-13(21-15)10-18-8-2-5-14(18)16(19)20/h1,3-4,6-7,9,14H,2,5,8,10H2,(H,19,20)/t14-/m1/s1. The predicted octanol–water partition coefficient (Wildman–Crippen LogP) is 4.12. The zero-order chi connectivity index (χ0) is 14.8. The summed E-state index contributed by atoms with van der Waals surface area (Å²) in [7, 11) is 0. The molecule has 1 aromatic carbocycles. The molecule has 0 unspecified atom stereocenters. The summed E-state index contributed by atoms with van der Waals surface area (Å²) in [6, 6.07) is 11.6. The van der Waals surface area contributed by atoms with Gasteiger partial charge in [-0.3, -0.25) is 9.69 Å². The Labute approximate surface area is 132 Å². The van der Waals surface area contributed by atoms with Gasteiger partial charge in [0, 0.05) is 21.3 Å². The number of nitrogens with zero attached hydrogens (tertiary/aromatic N) is 1. The largest absolute Gasteiger partial charge is 0.480 e. The highest BCUT2D eigenvalue weighted by molar-refractivity contribution is 7.15. The van der Waals surface area contributed by atoms with Crippen LogP contribution in [-0.4, -0.2) is 28.6 Å². The molecule has 2 aromatic rings. The number of hydrogen-bond acceptors (Lipinski definition) is 3. The van der Waals surface area contributed by atoms with Crippen LogP contribution in [0.1, 0.15) is 17.7 Å². The van der Waals surface area contributed by atoms with Gasteiger partial charge in [0.1, 0.15) is 6.04 Å². The quantitative estimate of drug-likeness (QED) is 0.921. The lowest BCUT2D eigenvalue weighted by Gasteiger charge is -2.19. The van der Waals surface area contributed by atoms with Gasteiger partial charge >= 0.3 is 5.97 Å². The number of thiophene rings is 1. The van der Waals surface area contributed by atoms with Gasteiger partial charge < -0.3 is 5.11 Å². The minimum atomic E-state index is -0.709. The van der Waals surface area contributed by atoms with Crippen LogP contribution >= 0.6 is 22.9 Å². The molecule has 1 saturated heterocycles. The van der Waals surface area contributed by atoms with Crippen molar-refractivity contribution in [1.29, 1.82) is 0 Å². The average molecular weight is 322 g/mol. The summed E-state index contributed by atoms with van der Waals surface area (Å²) in [6.07, 6.45) is 1.71. The Kier molecular flexibility index (Phi) is 4.29. The van der Waals surface area contributed by atoms with Gasteiger partial charge in [0.2, 0.25) is 0 Å². The Morgan fingerprint density at radius 2 is 2.24 bits per heavy atom. The molecule has 1 atom stereocenters. The van der Waals surface area contributed by atoms with E-state index >= 15 is 0 Å². The molecule has 0 spiro atoms. The lowest BCUT2D eigenvalue weighted by molar-refractivity contribution is -0.142. The van der Waals surface area contributed by atoms with Crippen molar-refractivity contribution in [2.45, 2.75) is 25.4 Å². The fourth-order valence-electron chi connectivity index (χ4n) is 2.76. The molecular formula is C16H16ClNO2S. The molecular weight excluding hydrogens is 306 g/mol. The second-order valence-electron chi connectivity index (χ2n) is 5.24. The Morgan fingerprint density at radius 3 is 3.00 bits per heavy atom. The third-order valence-electron chi connectivity index (χ3n) is 3.78. The van der Waals surface area contributed by atoms with E-state index in [0.717, 1.165) is 30.0 Å². The lowest BCUT2D eigenvalue weighted by Crippen LogP contribution is -2.35. The molecule has 3 nitrogen and oxygen atoms in total.